The standard InChI is InChI=1S/C10H20Si/c1-11(2)9-8-10-6-4-3-5-7-10/h3-4,10-11H,5-9H2,1-2H3. The molecule has 1 aliphatic carbocycles. The van der Waals surface area contributed by atoms with Crippen molar-refractivity contribution in [3.63, 3.8) is 0 Å². The maximum atomic E-state index is 2.46. The molecule has 0 aliphatic heterocycles. The highest BCUT2D eigenvalue weighted by molar-refractivity contribution is 6.55. The van der Waals surface area contributed by atoms with Gasteiger partial charge in [0.15, 0.2) is 0 Å². The van der Waals surface area contributed by atoms with E-state index in [2.05, 4.69) is 25.2 Å². The molecule has 1 aliphatic rings. The van der Waals surface area contributed by atoms with Crippen LogP contribution < -0.4 is 0 Å². The zero-order chi connectivity index (χ0) is 8.10. The van der Waals surface area contributed by atoms with Gasteiger partial charge in [0.05, 0.1) is 0 Å². The van der Waals surface area contributed by atoms with Crippen LogP contribution in [0, 0.1) is 5.92 Å². The van der Waals surface area contributed by atoms with Gasteiger partial charge in [-0.15, -0.1) is 0 Å². The van der Waals surface area contributed by atoms with E-state index in [9.17, 15) is 0 Å². The van der Waals surface area contributed by atoms with Gasteiger partial charge in [-0.05, 0) is 25.2 Å². The molecular weight excluding hydrogens is 148 g/mol. The van der Waals surface area contributed by atoms with Gasteiger partial charge in [-0.1, -0.05) is 37.7 Å². The molecule has 0 spiro atoms. The molecule has 0 aromatic rings. The van der Waals surface area contributed by atoms with Gasteiger partial charge in [0, 0.05) is 8.80 Å². The molecule has 1 atom stereocenters. The molecule has 0 aromatic heterocycles. The topological polar surface area (TPSA) is 0 Å². The number of rotatable bonds is 3. The number of hydrogen-bond donors (Lipinski definition) is 0. The van der Waals surface area contributed by atoms with Crippen LogP contribution in [0.4, 0.5) is 0 Å². The molecule has 0 amide bonds. The summed E-state index contributed by atoms with van der Waals surface area (Å²) in [6.45, 7) is 4.91. The van der Waals surface area contributed by atoms with Crippen molar-refractivity contribution in [2.24, 2.45) is 5.92 Å². The van der Waals surface area contributed by atoms with Gasteiger partial charge in [0.1, 0.15) is 0 Å². The average Bonchev–Trinajstić information content (AvgIpc) is 2.03. The van der Waals surface area contributed by atoms with E-state index in [0.29, 0.717) is 0 Å². The van der Waals surface area contributed by atoms with E-state index in [-0.39, 0.29) is 8.80 Å². The lowest BCUT2D eigenvalue weighted by atomic mass is 9.92. The lowest BCUT2D eigenvalue weighted by Crippen LogP contribution is -2.07. The molecule has 11 heavy (non-hydrogen) atoms. The minimum absolute atomic E-state index is 0.266. The molecule has 0 bridgehead atoms. The van der Waals surface area contributed by atoms with Crippen LogP contribution in [-0.4, -0.2) is 8.80 Å². The van der Waals surface area contributed by atoms with Crippen molar-refractivity contribution in [2.45, 2.75) is 44.8 Å². The normalized spacial score (nSPS) is 24.5. The molecule has 0 radical (unpaired) electrons. The Hall–Kier alpha value is -0.0431. The number of hydrogen-bond acceptors (Lipinski definition) is 0. The van der Waals surface area contributed by atoms with E-state index in [4.69, 9.17) is 0 Å². The van der Waals surface area contributed by atoms with Gasteiger partial charge in [-0.2, -0.15) is 0 Å². The summed E-state index contributed by atoms with van der Waals surface area (Å²) in [5.74, 6) is 1.04. The molecule has 1 rings (SSSR count). The summed E-state index contributed by atoms with van der Waals surface area (Å²) in [4.78, 5) is 0. The summed E-state index contributed by atoms with van der Waals surface area (Å²) in [7, 11) is -0.266. The van der Waals surface area contributed by atoms with Crippen LogP contribution >= 0.6 is 0 Å². The third-order valence-electron chi connectivity index (χ3n) is 2.53. The first-order valence-corrected chi connectivity index (χ1v) is 8.06. The van der Waals surface area contributed by atoms with Crippen LogP contribution in [0.3, 0.4) is 0 Å². The Labute approximate surface area is 72.3 Å². The maximum Gasteiger partial charge on any atom is 0.0305 e. The zero-order valence-corrected chi connectivity index (χ0v) is 9.00. The Kier molecular flexibility index (Phi) is 3.91. The summed E-state index contributed by atoms with van der Waals surface area (Å²) < 4.78 is 0. The van der Waals surface area contributed by atoms with Gasteiger partial charge >= 0.3 is 0 Å². The van der Waals surface area contributed by atoms with Crippen LogP contribution in [0.25, 0.3) is 0 Å². The van der Waals surface area contributed by atoms with Gasteiger partial charge in [-0.3, -0.25) is 0 Å². The Balaban J connectivity index is 2.11. The van der Waals surface area contributed by atoms with Crippen molar-refractivity contribution in [1.29, 1.82) is 0 Å². The lowest BCUT2D eigenvalue weighted by molar-refractivity contribution is 0.464. The maximum absolute atomic E-state index is 2.46. The van der Waals surface area contributed by atoms with E-state index < -0.39 is 0 Å². The Morgan fingerprint density at radius 3 is 2.73 bits per heavy atom. The quantitative estimate of drug-likeness (QED) is 0.448. The lowest BCUT2D eigenvalue weighted by Gasteiger charge is -2.17. The second kappa shape index (κ2) is 4.76. The second-order valence-electron chi connectivity index (χ2n) is 4.12. The fourth-order valence-corrected chi connectivity index (χ4v) is 2.83. The van der Waals surface area contributed by atoms with E-state index in [1.54, 1.807) is 6.04 Å². The molecule has 0 nitrogen and oxygen atoms in total. The minimum atomic E-state index is -0.266. The summed E-state index contributed by atoms with van der Waals surface area (Å²) in [5.41, 5.74) is 0. The monoisotopic (exact) mass is 168 g/mol. The highest BCUT2D eigenvalue weighted by Crippen LogP contribution is 2.23. The first kappa shape index (κ1) is 9.05. The highest BCUT2D eigenvalue weighted by Gasteiger charge is 2.09. The van der Waals surface area contributed by atoms with E-state index in [0.717, 1.165) is 5.92 Å². The average molecular weight is 168 g/mol. The van der Waals surface area contributed by atoms with Crippen molar-refractivity contribution in [3.05, 3.63) is 12.2 Å². The molecule has 1 heteroatoms. The second-order valence-corrected chi connectivity index (χ2v) is 7.49. The fourth-order valence-electron chi connectivity index (χ4n) is 1.69. The van der Waals surface area contributed by atoms with E-state index >= 15 is 0 Å². The Bertz CT molecular complexity index is 127. The summed E-state index contributed by atoms with van der Waals surface area (Å²) in [6.07, 6.45) is 10.4. The third kappa shape index (κ3) is 3.75. The molecule has 0 heterocycles. The predicted molar refractivity (Wildman–Crippen MR) is 54.8 cm³/mol. The molecule has 0 saturated heterocycles. The smallest absolute Gasteiger partial charge is 0.0305 e. The summed E-state index contributed by atoms with van der Waals surface area (Å²) in [6, 6.07) is 1.55. The van der Waals surface area contributed by atoms with Crippen molar-refractivity contribution >= 4 is 8.80 Å². The van der Waals surface area contributed by atoms with Crippen molar-refractivity contribution in [3.8, 4) is 0 Å². The molecule has 1 unspecified atom stereocenters. The molecule has 0 fully saturated rings. The molecule has 64 valence electrons. The minimum Gasteiger partial charge on any atom is -0.0885 e. The van der Waals surface area contributed by atoms with Crippen LogP contribution in [0.1, 0.15) is 25.7 Å². The highest BCUT2D eigenvalue weighted by atomic mass is 28.3. The molecule has 0 aromatic carbocycles. The Morgan fingerprint density at radius 1 is 1.36 bits per heavy atom. The van der Waals surface area contributed by atoms with Gasteiger partial charge in [0.2, 0.25) is 0 Å². The largest absolute Gasteiger partial charge is 0.0885 e. The predicted octanol–water partition coefficient (Wildman–Crippen LogP) is 3.22. The van der Waals surface area contributed by atoms with Crippen molar-refractivity contribution < 1.29 is 0 Å². The van der Waals surface area contributed by atoms with Crippen molar-refractivity contribution in [2.75, 3.05) is 0 Å². The van der Waals surface area contributed by atoms with Crippen LogP contribution in [0.15, 0.2) is 12.2 Å². The van der Waals surface area contributed by atoms with Gasteiger partial charge in [-0.25, -0.2) is 0 Å². The van der Waals surface area contributed by atoms with Crippen LogP contribution in [0.5, 0.6) is 0 Å². The third-order valence-corrected chi connectivity index (χ3v) is 4.02. The first-order valence-electron chi connectivity index (χ1n) is 4.94. The first-order chi connectivity index (χ1) is 5.29. The molecule has 0 saturated carbocycles. The van der Waals surface area contributed by atoms with Crippen LogP contribution in [-0.2, 0) is 0 Å². The molecular formula is C10H20Si. The summed E-state index contributed by atoms with van der Waals surface area (Å²) >= 11 is 0. The fraction of sp³-hybridized carbons (Fsp3) is 0.800. The van der Waals surface area contributed by atoms with Gasteiger partial charge < -0.3 is 0 Å². The summed E-state index contributed by atoms with van der Waals surface area (Å²) in [5, 5.41) is 0. The number of allylic oxidation sites excluding steroid dienone is 2. The Morgan fingerprint density at radius 2 is 2.18 bits per heavy atom. The van der Waals surface area contributed by atoms with E-state index in [1.807, 2.05) is 0 Å². The SMILES string of the molecule is C[SiH](C)CCC1CC=CCC1. The van der Waals surface area contributed by atoms with E-state index in [1.165, 1.54) is 25.7 Å². The van der Waals surface area contributed by atoms with Gasteiger partial charge in [0.25, 0.3) is 0 Å². The van der Waals surface area contributed by atoms with Crippen LogP contribution in [0.2, 0.25) is 19.1 Å². The van der Waals surface area contributed by atoms with Crippen molar-refractivity contribution in [1.82, 2.24) is 0 Å². The molecule has 0 N–H and O–H groups in total. The zero-order valence-electron chi connectivity index (χ0n) is 7.84.